The van der Waals surface area contributed by atoms with Crippen LogP contribution in [0, 0.1) is 0 Å². The molecule has 1 atom stereocenters. The largest absolute Gasteiger partial charge is 0.368 e. The Hall–Kier alpha value is -5.32. The van der Waals surface area contributed by atoms with Gasteiger partial charge in [-0.05, 0) is 48.5 Å². The summed E-state index contributed by atoms with van der Waals surface area (Å²) in [5.41, 5.74) is 9.18. The highest BCUT2D eigenvalue weighted by Gasteiger charge is 2.25. The summed E-state index contributed by atoms with van der Waals surface area (Å²) in [6.07, 6.45) is 4.89. The Morgan fingerprint density at radius 3 is 2.50 bits per heavy atom. The molecule has 0 spiro atoms. The molecular formula is C27H25N9O2. The number of rotatable bonds is 9. The highest BCUT2D eigenvalue weighted by atomic mass is 16.2. The fourth-order valence-corrected chi connectivity index (χ4v) is 4.01. The van der Waals surface area contributed by atoms with Crippen LogP contribution in [0.1, 0.15) is 10.4 Å². The van der Waals surface area contributed by atoms with Crippen molar-refractivity contribution in [3.8, 4) is 11.4 Å². The molecule has 3 aromatic heterocycles. The second kappa shape index (κ2) is 10.7. The third-order valence-corrected chi connectivity index (χ3v) is 5.91. The highest BCUT2D eigenvalue weighted by Crippen LogP contribution is 2.25. The van der Waals surface area contributed by atoms with Gasteiger partial charge < -0.3 is 26.3 Å². The fourth-order valence-electron chi connectivity index (χ4n) is 4.01. The first kappa shape index (κ1) is 24.4. The molecule has 0 bridgehead atoms. The van der Waals surface area contributed by atoms with Crippen molar-refractivity contribution in [2.75, 3.05) is 23.8 Å². The summed E-state index contributed by atoms with van der Waals surface area (Å²) >= 11 is 0. The fraction of sp³-hybridized carbons (Fsp3) is 0.111. The minimum atomic E-state index is -1.01. The molecule has 0 saturated heterocycles. The molecule has 3 heterocycles. The molecule has 5 rings (SSSR count). The van der Waals surface area contributed by atoms with Crippen LogP contribution in [0.25, 0.3) is 22.3 Å². The summed E-state index contributed by atoms with van der Waals surface area (Å²) in [6.45, 7) is 0.0488. The molecule has 5 aromatic rings. The van der Waals surface area contributed by atoms with Gasteiger partial charge in [0.05, 0.1) is 17.9 Å². The molecule has 38 heavy (non-hydrogen) atoms. The van der Waals surface area contributed by atoms with Crippen LogP contribution in [-0.2, 0) is 4.79 Å². The lowest BCUT2D eigenvalue weighted by Gasteiger charge is -2.26. The van der Waals surface area contributed by atoms with Gasteiger partial charge in [0.15, 0.2) is 0 Å². The van der Waals surface area contributed by atoms with Crippen molar-refractivity contribution in [3.05, 3.63) is 90.9 Å². The number of carbonyl (C=O) groups is 2. The van der Waals surface area contributed by atoms with Gasteiger partial charge in [0.2, 0.25) is 17.8 Å². The van der Waals surface area contributed by atoms with Crippen LogP contribution in [0.5, 0.6) is 0 Å². The molecule has 2 aromatic carbocycles. The number of aromatic amines is 1. The summed E-state index contributed by atoms with van der Waals surface area (Å²) in [6, 6.07) is 19.0. The van der Waals surface area contributed by atoms with Crippen molar-refractivity contribution >= 4 is 40.3 Å². The molecule has 0 aliphatic heterocycles. The van der Waals surface area contributed by atoms with E-state index in [-0.39, 0.29) is 6.54 Å². The van der Waals surface area contributed by atoms with E-state index in [2.05, 4.69) is 35.6 Å². The summed E-state index contributed by atoms with van der Waals surface area (Å²) in [7, 11) is 1.75. The van der Waals surface area contributed by atoms with E-state index in [9.17, 15) is 9.59 Å². The van der Waals surface area contributed by atoms with Gasteiger partial charge in [-0.15, -0.1) is 0 Å². The average Bonchev–Trinajstić information content (AvgIpc) is 3.39. The third-order valence-electron chi connectivity index (χ3n) is 5.91. The van der Waals surface area contributed by atoms with Gasteiger partial charge in [-0.2, -0.15) is 0 Å². The lowest BCUT2D eigenvalue weighted by molar-refractivity contribution is -0.119. The molecule has 11 heteroatoms. The Morgan fingerprint density at radius 1 is 0.974 bits per heavy atom. The van der Waals surface area contributed by atoms with Gasteiger partial charge in [-0.1, -0.05) is 18.2 Å². The van der Waals surface area contributed by atoms with E-state index in [4.69, 9.17) is 5.73 Å². The van der Waals surface area contributed by atoms with E-state index in [1.165, 1.54) is 0 Å². The number of anilines is 3. The standard InChI is InChI=1S/C27H25N9O2/c1-29-26-30-13-10-21(35-26)22-15-18-14-17(8-9-20(18)33-22)25(38)34-23(24(28)37)16-36(19-6-3-2-4-7-19)27-31-11-5-12-32-27/h2-15,23,33H,16H2,1H3,(H2,28,37)(H,34,38)(H,29,30,35)/t23-/m0/s1. The van der Waals surface area contributed by atoms with Crippen LogP contribution in [-0.4, -0.2) is 56.4 Å². The Labute approximate surface area is 218 Å². The van der Waals surface area contributed by atoms with Crippen molar-refractivity contribution in [2.45, 2.75) is 6.04 Å². The number of nitrogens with zero attached hydrogens (tertiary/aromatic N) is 5. The number of fused-ring (bicyclic) bond motifs is 1. The van der Waals surface area contributed by atoms with Gasteiger partial charge in [0.1, 0.15) is 6.04 Å². The first-order valence-electron chi connectivity index (χ1n) is 11.9. The zero-order valence-corrected chi connectivity index (χ0v) is 20.5. The van der Waals surface area contributed by atoms with E-state index >= 15 is 0 Å². The second-order valence-corrected chi connectivity index (χ2v) is 8.42. The molecule has 2 amide bonds. The maximum Gasteiger partial charge on any atom is 0.252 e. The number of hydrogen-bond donors (Lipinski definition) is 4. The minimum absolute atomic E-state index is 0.0488. The van der Waals surface area contributed by atoms with Gasteiger partial charge >= 0.3 is 0 Å². The molecule has 0 aliphatic rings. The van der Waals surface area contributed by atoms with Crippen molar-refractivity contribution in [1.29, 1.82) is 0 Å². The number of nitrogens with two attached hydrogens (primary N) is 1. The topological polar surface area (TPSA) is 155 Å². The molecule has 0 radical (unpaired) electrons. The molecule has 0 aliphatic carbocycles. The number of para-hydroxylation sites is 1. The number of nitrogens with one attached hydrogen (secondary N) is 3. The molecule has 11 nitrogen and oxygen atoms in total. The monoisotopic (exact) mass is 507 g/mol. The average molecular weight is 508 g/mol. The van der Waals surface area contributed by atoms with Crippen LogP contribution in [0.2, 0.25) is 0 Å². The molecular weight excluding hydrogens is 482 g/mol. The van der Waals surface area contributed by atoms with E-state index in [0.717, 1.165) is 22.3 Å². The van der Waals surface area contributed by atoms with Crippen LogP contribution >= 0.6 is 0 Å². The first-order chi connectivity index (χ1) is 18.5. The second-order valence-electron chi connectivity index (χ2n) is 8.42. The van der Waals surface area contributed by atoms with Crippen molar-refractivity contribution in [2.24, 2.45) is 5.73 Å². The first-order valence-corrected chi connectivity index (χ1v) is 11.9. The lowest BCUT2D eigenvalue weighted by atomic mass is 10.1. The number of benzene rings is 2. The number of primary amides is 1. The van der Waals surface area contributed by atoms with Gasteiger partial charge in [-0.3, -0.25) is 9.59 Å². The van der Waals surface area contributed by atoms with Gasteiger partial charge in [-0.25, -0.2) is 19.9 Å². The zero-order valence-electron chi connectivity index (χ0n) is 20.5. The Kier molecular flexibility index (Phi) is 6.89. The normalized spacial score (nSPS) is 11.6. The molecule has 190 valence electrons. The number of hydrogen-bond acceptors (Lipinski definition) is 8. The molecule has 5 N–H and O–H groups in total. The molecule has 0 unspecified atom stereocenters. The van der Waals surface area contributed by atoms with E-state index in [1.807, 2.05) is 36.4 Å². The summed E-state index contributed by atoms with van der Waals surface area (Å²) in [5, 5.41) is 6.51. The number of H-pyrrole nitrogens is 1. The van der Waals surface area contributed by atoms with Crippen molar-refractivity contribution < 1.29 is 9.59 Å². The SMILES string of the molecule is CNc1nccc(-c2cc3cc(C(=O)N[C@@H](CN(c4ccccc4)c4ncccn4)C(N)=O)ccc3[nH]2)n1. The lowest BCUT2D eigenvalue weighted by Crippen LogP contribution is -2.50. The summed E-state index contributed by atoms with van der Waals surface area (Å²) in [4.78, 5) is 47.9. The van der Waals surface area contributed by atoms with Gasteiger partial charge in [0, 0.05) is 47.8 Å². The highest BCUT2D eigenvalue weighted by molar-refractivity contribution is 6.01. The summed E-state index contributed by atoms with van der Waals surface area (Å²) < 4.78 is 0. The van der Waals surface area contributed by atoms with Crippen molar-refractivity contribution in [1.82, 2.24) is 30.2 Å². The smallest absolute Gasteiger partial charge is 0.252 e. The summed E-state index contributed by atoms with van der Waals surface area (Å²) in [5.74, 6) is -0.222. The Bertz CT molecular complexity index is 1530. The Balaban J connectivity index is 1.38. The predicted octanol–water partition coefficient (Wildman–Crippen LogP) is 2.88. The number of amides is 2. The predicted molar refractivity (Wildman–Crippen MR) is 145 cm³/mol. The number of aromatic nitrogens is 5. The maximum atomic E-state index is 13.2. The van der Waals surface area contributed by atoms with E-state index in [1.54, 1.807) is 60.9 Å². The molecule has 0 saturated carbocycles. The van der Waals surface area contributed by atoms with Crippen molar-refractivity contribution in [3.63, 3.8) is 0 Å². The van der Waals surface area contributed by atoms with E-state index in [0.29, 0.717) is 23.2 Å². The Morgan fingerprint density at radius 2 is 1.76 bits per heavy atom. The number of carbonyl (C=O) groups excluding carboxylic acids is 2. The van der Waals surface area contributed by atoms with Gasteiger partial charge in [0.25, 0.3) is 5.91 Å². The van der Waals surface area contributed by atoms with Crippen LogP contribution in [0.4, 0.5) is 17.6 Å². The minimum Gasteiger partial charge on any atom is -0.368 e. The quantitative estimate of drug-likeness (QED) is 0.237. The van der Waals surface area contributed by atoms with Crippen LogP contribution in [0.3, 0.4) is 0 Å². The third kappa shape index (κ3) is 5.26. The van der Waals surface area contributed by atoms with E-state index < -0.39 is 17.9 Å². The molecule has 0 fully saturated rings. The maximum absolute atomic E-state index is 13.2. The zero-order chi connectivity index (χ0) is 26.5. The van der Waals surface area contributed by atoms with Crippen LogP contribution < -0.4 is 21.3 Å². The van der Waals surface area contributed by atoms with Crippen LogP contribution in [0.15, 0.2) is 85.3 Å².